The van der Waals surface area contributed by atoms with Crippen LogP contribution in [-0.2, 0) is 4.74 Å². The molecule has 0 amide bonds. The average molecular weight is 374 g/mol. The molecular weight excluding hydrogens is 348 g/mol. The summed E-state index contributed by atoms with van der Waals surface area (Å²) < 4.78 is 7.50. The van der Waals surface area contributed by atoms with Crippen molar-refractivity contribution in [2.45, 2.75) is 45.9 Å². The molecule has 0 bridgehead atoms. The van der Waals surface area contributed by atoms with Crippen LogP contribution in [0.2, 0.25) is 0 Å². The Balaban J connectivity index is 1.84. The number of benzene rings is 1. The van der Waals surface area contributed by atoms with E-state index < -0.39 is 0 Å². The van der Waals surface area contributed by atoms with Crippen LogP contribution in [0.5, 0.6) is 5.88 Å². The summed E-state index contributed by atoms with van der Waals surface area (Å²) in [7, 11) is 0. The number of rotatable bonds is 3. The van der Waals surface area contributed by atoms with Gasteiger partial charge in [0.25, 0.3) is 0 Å². The fourth-order valence-corrected chi connectivity index (χ4v) is 5.20. The highest BCUT2D eigenvalue weighted by molar-refractivity contribution is 7.17. The topological polar surface area (TPSA) is 64.1 Å². The molecular formula is C19H25N4O2S+. The van der Waals surface area contributed by atoms with Crippen molar-refractivity contribution >= 4 is 16.3 Å². The molecule has 0 spiro atoms. The van der Waals surface area contributed by atoms with Crippen LogP contribution in [0, 0.1) is 13.8 Å². The first-order valence-corrected chi connectivity index (χ1v) is 9.85. The maximum absolute atomic E-state index is 10.9. The number of aryl methyl sites for hydroxylation is 2. The molecule has 6 nitrogen and oxygen atoms in total. The van der Waals surface area contributed by atoms with Gasteiger partial charge in [-0.3, -0.25) is 0 Å². The maximum atomic E-state index is 10.9. The van der Waals surface area contributed by atoms with E-state index in [1.165, 1.54) is 27.4 Å². The number of morpholine rings is 1. The van der Waals surface area contributed by atoms with Crippen LogP contribution >= 0.6 is 11.3 Å². The van der Waals surface area contributed by atoms with E-state index in [1.54, 1.807) is 4.52 Å². The monoisotopic (exact) mass is 373 g/mol. The molecule has 1 aliphatic rings. The summed E-state index contributed by atoms with van der Waals surface area (Å²) in [6.45, 7) is 9.98. The van der Waals surface area contributed by atoms with Crippen molar-refractivity contribution in [3.63, 3.8) is 0 Å². The van der Waals surface area contributed by atoms with Gasteiger partial charge in [-0.05, 0) is 33.8 Å². The zero-order valence-corrected chi connectivity index (χ0v) is 16.4. The first-order chi connectivity index (χ1) is 12.4. The number of nitrogens with zero attached hydrogens (tertiary/aromatic N) is 3. The molecule has 2 N–H and O–H groups in total. The number of hydrogen-bond donors (Lipinski definition) is 2. The Kier molecular flexibility index (Phi) is 4.46. The molecule has 1 fully saturated rings. The number of nitrogens with one attached hydrogen (secondary N) is 1. The quantitative estimate of drug-likeness (QED) is 0.736. The van der Waals surface area contributed by atoms with Gasteiger partial charge in [-0.15, -0.1) is 5.10 Å². The number of thiazole rings is 1. The molecule has 3 heterocycles. The van der Waals surface area contributed by atoms with Gasteiger partial charge < -0.3 is 14.7 Å². The van der Waals surface area contributed by atoms with Gasteiger partial charge in [-0.1, -0.05) is 35.1 Å². The highest BCUT2D eigenvalue weighted by Gasteiger charge is 2.37. The molecule has 2 aromatic heterocycles. The first kappa shape index (κ1) is 17.5. The van der Waals surface area contributed by atoms with Crippen LogP contribution in [0.25, 0.3) is 4.96 Å². The van der Waals surface area contributed by atoms with Crippen molar-refractivity contribution < 1.29 is 14.7 Å². The number of quaternary nitrogens is 1. The molecule has 1 aliphatic heterocycles. The van der Waals surface area contributed by atoms with Gasteiger partial charge in [0.1, 0.15) is 36.0 Å². The molecule has 138 valence electrons. The van der Waals surface area contributed by atoms with E-state index in [1.807, 2.05) is 6.92 Å². The number of aromatic hydroxyl groups is 1. The van der Waals surface area contributed by atoms with E-state index in [0.717, 1.165) is 22.9 Å². The third-order valence-corrected chi connectivity index (χ3v) is 6.00. The van der Waals surface area contributed by atoms with Crippen molar-refractivity contribution in [2.75, 3.05) is 13.1 Å². The Morgan fingerprint density at radius 1 is 1.27 bits per heavy atom. The fourth-order valence-electron chi connectivity index (χ4n) is 4.01. The highest BCUT2D eigenvalue weighted by Crippen LogP contribution is 2.35. The minimum Gasteiger partial charge on any atom is -0.492 e. The number of hydrogen-bond acceptors (Lipinski definition) is 5. The van der Waals surface area contributed by atoms with Crippen molar-refractivity contribution in [2.24, 2.45) is 0 Å². The minimum absolute atomic E-state index is 0.0394. The second-order valence-corrected chi connectivity index (χ2v) is 8.32. The van der Waals surface area contributed by atoms with Crippen LogP contribution in [0.15, 0.2) is 24.3 Å². The molecule has 7 heteroatoms. The lowest BCUT2D eigenvalue weighted by Gasteiger charge is -2.37. The smallest absolute Gasteiger partial charge is 0.235 e. The Bertz CT molecular complexity index is 925. The summed E-state index contributed by atoms with van der Waals surface area (Å²) in [6, 6.07) is 8.59. The summed E-state index contributed by atoms with van der Waals surface area (Å²) in [4.78, 5) is 7.50. The zero-order valence-electron chi connectivity index (χ0n) is 15.6. The largest absolute Gasteiger partial charge is 0.492 e. The van der Waals surface area contributed by atoms with Gasteiger partial charge >= 0.3 is 0 Å². The summed E-state index contributed by atoms with van der Waals surface area (Å²) >= 11 is 1.53. The van der Waals surface area contributed by atoms with Crippen LogP contribution in [-0.4, -0.2) is 45.0 Å². The lowest BCUT2D eigenvalue weighted by atomic mass is 10.00. The SMILES string of the molecule is Cc1cccc([C@H](c2sc3nc(C)nn3c2O)[NH+]2C[C@@H](C)O[C@H](C)C2)c1. The Morgan fingerprint density at radius 3 is 2.65 bits per heavy atom. The van der Waals surface area contributed by atoms with Crippen molar-refractivity contribution in [3.05, 3.63) is 46.1 Å². The summed E-state index contributed by atoms with van der Waals surface area (Å²) in [5.41, 5.74) is 2.42. The Labute approximate surface area is 157 Å². The predicted octanol–water partition coefficient (Wildman–Crippen LogP) is 1.89. The van der Waals surface area contributed by atoms with Crippen LogP contribution in [0.3, 0.4) is 0 Å². The lowest BCUT2D eigenvalue weighted by Crippen LogP contribution is -3.15. The van der Waals surface area contributed by atoms with E-state index in [0.29, 0.717) is 5.82 Å². The molecule has 3 atom stereocenters. The van der Waals surface area contributed by atoms with Gasteiger partial charge in [0.2, 0.25) is 10.8 Å². The average Bonchev–Trinajstić information content (AvgIpc) is 3.05. The van der Waals surface area contributed by atoms with E-state index in [9.17, 15) is 5.11 Å². The molecule has 3 aromatic rings. The molecule has 0 radical (unpaired) electrons. The van der Waals surface area contributed by atoms with Crippen molar-refractivity contribution in [3.8, 4) is 5.88 Å². The molecule has 0 unspecified atom stereocenters. The van der Waals surface area contributed by atoms with Gasteiger partial charge in [-0.25, -0.2) is 4.98 Å². The molecule has 1 saturated heterocycles. The molecule has 1 aromatic carbocycles. The zero-order chi connectivity index (χ0) is 18.4. The Hall–Kier alpha value is -1.96. The van der Waals surface area contributed by atoms with E-state index >= 15 is 0 Å². The second-order valence-electron chi connectivity index (χ2n) is 7.31. The van der Waals surface area contributed by atoms with Crippen LogP contribution < -0.4 is 4.90 Å². The van der Waals surface area contributed by atoms with Gasteiger partial charge in [-0.2, -0.15) is 4.52 Å². The second kappa shape index (κ2) is 6.64. The van der Waals surface area contributed by atoms with E-state index in [2.05, 4.69) is 55.1 Å². The molecule has 4 rings (SSSR count). The van der Waals surface area contributed by atoms with Crippen molar-refractivity contribution in [1.29, 1.82) is 0 Å². The van der Waals surface area contributed by atoms with E-state index in [-0.39, 0.29) is 24.1 Å². The highest BCUT2D eigenvalue weighted by atomic mass is 32.1. The maximum Gasteiger partial charge on any atom is 0.235 e. The molecule has 26 heavy (non-hydrogen) atoms. The number of fused-ring (bicyclic) bond motifs is 1. The number of aromatic nitrogens is 3. The third kappa shape index (κ3) is 3.11. The number of ether oxygens (including phenoxy) is 1. The molecule has 0 saturated carbocycles. The van der Waals surface area contributed by atoms with Crippen LogP contribution in [0.4, 0.5) is 0 Å². The summed E-state index contributed by atoms with van der Waals surface area (Å²) in [5.74, 6) is 0.877. The summed E-state index contributed by atoms with van der Waals surface area (Å²) in [5, 5.41) is 15.2. The predicted molar refractivity (Wildman–Crippen MR) is 101 cm³/mol. The summed E-state index contributed by atoms with van der Waals surface area (Å²) in [6.07, 6.45) is 0.375. The third-order valence-electron chi connectivity index (χ3n) is 4.92. The Morgan fingerprint density at radius 2 is 2.00 bits per heavy atom. The lowest BCUT2D eigenvalue weighted by molar-refractivity contribution is -0.939. The van der Waals surface area contributed by atoms with Crippen LogP contribution in [0.1, 0.15) is 41.7 Å². The minimum atomic E-state index is 0.0394. The van der Waals surface area contributed by atoms with E-state index in [4.69, 9.17) is 4.74 Å². The van der Waals surface area contributed by atoms with Gasteiger partial charge in [0.05, 0.1) is 0 Å². The van der Waals surface area contributed by atoms with Gasteiger partial charge in [0, 0.05) is 5.56 Å². The first-order valence-electron chi connectivity index (χ1n) is 9.04. The van der Waals surface area contributed by atoms with Crippen molar-refractivity contribution in [1.82, 2.24) is 14.6 Å². The molecule has 0 aliphatic carbocycles. The van der Waals surface area contributed by atoms with Gasteiger partial charge in [0.15, 0.2) is 6.04 Å². The normalized spacial score (nSPS) is 24.8. The standard InChI is InChI=1S/C19H24N4O2S/c1-11-6-5-7-15(8-11)16(22-9-12(2)25-13(3)10-22)17-18(24)23-19(26-17)20-14(4)21-23/h5-8,12-13,16,24H,9-10H2,1-4H3/p+1/t12-,13-,16-/m1/s1. The fraction of sp³-hybridized carbons (Fsp3) is 0.474.